The predicted octanol–water partition coefficient (Wildman–Crippen LogP) is 6.27. The number of halogens is 3. The molecule has 6 heteroatoms. The van der Waals surface area contributed by atoms with Crippen LogP contribution in [-0.2, 0) is 6.42 Å². The molecular weight excluding hydrogens is 395 g/mol. The molecule has 0 N–H and O–H groups in total. The van der Waals surface area contributed by atoms with E-state index in [1.807, 2.05) is 26.0 Å². The molecular formula is C20H17Cl3O3. The smallest absolute Gasteiger partial charge is 0.187 e. The highest BCUT2D eigenvalue weighted by atomic mass is 35.5. The summed E-state index contributed by atoms with van der Waals surface area (Å²) in [7, 11) is 0. The average molecular weight is 412 g/mol. The van der Waals surface area contributed by atoms with Gasteiger partial charge in [0.1, 0.15) is 17.6 Å². The molecule has 1 aliphatic rings. The summed E-state index contributed by atoms with van der Waals surface area (Å²) in [6.07, 6.45) is 4.11. The summed E-state index contributed by atoms with van der Waals surface area (Å²) in [5.74, 6) is 1.26. The molecule has 0 spiro atoms. The van der Waals surface area contributed by atoms with E-state index in [2.05, 4.69) is 0 Å². The van der Waals surface area contributed by atoms with Gasteiger partial charge < -0.3 is 9.47 Å². The highest BCUT2D eigenvalue weighted by Crippen LogP contribution is 2.36. The fourth-order valence-electron chi connectivity index (χ4n) is 2.84. The van der Waals surface area contributed by atoms with Crippen LogP contribution in [-0.4, -0.2) is 18.5 Å². The Morgan fingerprint density at radius 1 is 1.27 bits per heavy atom. The van der Waals surface area contributed by atoms with Gasteiger partial charge in [-0.2, -0.15) is 0 Å². The molecule has 2 aromatic carbocycles. The van der Waals surface area contributed by atoms with Gasteiger partial charge in [0.15, 0.2) is 5.78 Å². The number of hydrogen-bond donors (Lipinski definition) is 0. The summed E-state index contributed by atoms with van der Waals surface area (Å²) in [6, 6.07) is 6.97. The van der Waals surface area contributed by atoms with Crippen molar-refractivity contribution in [2.75, 3.05) is 6.61 Å². The van der Waals surface area contributed by atoms with Crippen LogP contribution in [0.4, 0.5) is 0 Å². The molecule has 0 saturated carbocycles. The van der Waals surface area contributed by atoms with Crippen LogP contribution in [0.1, 0.15) is 35.3 Å². The third-order valence-corrected chi connectivity index (χ3v) is 5.34. The Morgan fingerprint density at radius 2 is 2.04 bits per heavy atom. The number of fused-ring (bicyclic) bond motifs is 1. The van der Waals surface area contributed by atoms with Gasteiger partial charge in [-0.25, -0.2) is 0 Å². The molecule has 0 bridgehead atoms. The Hall–Kier alpha value is -1.68. The molecule has 0 saturated heterocycles. The molecule has 2 aromatic rings. The molecule has 0 radical (unpaired) electrons. The highest BCUT2D eigenvalue weighted by molar-refractivity contribution is 6.49. The van der Waals surface area contributed by atoms with Gasteiger partial charge in [0.05, 0.1) is 21.7 Å². The molecule has 0 fully saturated rings. The third kappa shape index (κ3) is 3.85. The van der Waals surface area contributed by atoms with Crippen LogP contribution < -0.4 is 9.47 Å². The highest BCUT2D eigenvalue weighted by Gasteiger charge is 2.21. The number of rotatable bonds is 5. The van der Waals surface area contributed by atoms with Crippen LogP contribution in [0.5, 0.6) is 11.5 Å². The minimum absolute atomic E-state index is 0.135. The molecule has 136 valence electrons. The predicted molar refractivity (Wildman–Crippen MR) is 106 cm³/mol. The van der Waals surface area contributed by atoms with E-state index in [-0.39, 0.29) is 21.9 Å². The van der Waals surface area contributed by atoms with Crippen molar-refractivity contribution < 1.29 is 14.3 Å². The second-order valence-corrected chi connectivity index (χ2v) is 7.15. The molecule has 0 unspecified atom stereocenters. The monoisotopic (exact) mass is 410 g/mol. The fraction of sp³-hybridized carbons (Fsp3) is 0.250. The van der Waals surface area contributed by atoms with E-state index in [1.54, 1.807) is 18.2 Å². The fourth-order valence-corrected chi connectivity index (χ4v) is 3.47. The zero-order valence-electron chi connectivity index (χ0n) is 14.3. The number of ketones is 1. The van der Waals surface area contributed by atoms with E-state index in [1.165, 1.54) is 6.08 Å². The largest absolute Gasteiger partial charge is 0.493 e. The summed E-state index contributed by atoms with van der Waals surface area (Å²) in [6.45, 7) is 4.47. The minimum Gasteiger partial charge on any atom is -0.493 e. The number of ether oxygens (including phenoxy) is 2. The number of benzene rings is 2. The quantitative estimate of drug-likeness (QED) is 0.331. The SMILES string of the molecule is CCOc1cc2c(cc1/C=C/C(=O)c1ccc(Cl)c(Cl)c1Cl)O[C@H](C)C2. The summed E-state index contributed by atoms with van der Waals surface area (Å²) in [4.78, 5) is 12.5. The van der Waals surface area contributed by atoms with Gasteiger partial charge in [-0.3, -0.25) is 4.79 Å². The second kappa shape index (κ2) is 7.91. The lowest BCUT2D eigenvalue weighted by molar-refractivity contribution is 0.104. The maximum Gasteiger partial charge on any atom is 0.187 e. The normalized spacial score (nSPS) is 15.8. The van der Waals surface area contributed by atoms with E-state index >= 15 is 0 Å². The van der Waals surface area contributed by atoms with Crippen molar-refractivity contribution in [3.8, 4) is 11.5 Å². The molecule has 3 rings (SSSR count). The van der Waals surface area contributed by atoms with Gasteiger partial charge in [0, 0.05) is 23.1 Å². The molecule has 0 aliphatic carbocycles. The zero-order chi connectivity index (χ0) is 18.8. The van der Waals surface area contributed by atoms with Crippen LogP contribution >= 0.6 is 34.8 Å². The van der Waals surface area contributed by atoms with Gasteiger partial charge in [0.2, 0.25) is 0 Å². The van der Waals surface area contributed by atoms with Crippen LogP contribution in [0.3, 0.4) is 0 Å². The molecule has 3 nitrogen and oxygen atoms in total. The number of carbonyl (C=O) groups excluding carboxylic acids is 1. The van der Waals surface area contributed by atoms with E-state index in [9.17, 15) is 4.79 Å². The Bertz CT molecular complexity index is 890. The van der Waals surface area contributed by atoms with Crippen LogP contribution in [0.2, 0.25) is 15.1 Å². The van der Waals surface area contributed by atoms with Crippen LogP contribution in [0.15, 0.2) is 30.3 Å². The van der Waals surface area contributed by atoms with Crippen molar-refractivity contribution in [2.45, 2.75) is 26.4 Å². The Kier molecular flexibility index (Phi) is 5.81. The Balaban J connectivity index is 1.92. The van der Waals surface area contributed by atoms with Crippen LogP contribution in [0, 0.1) is 0 Å². The lowest BCUT2D eigenvalue weighted by atomic mass is 10.0. The van der Waals surface area contributed by atoms with Gasteiger partial charge in [0.25, 0.3) is 0 Å². The zero-order valence-corrected chi connectivity index (χ0v) is 16.6. The van der Waals surface area contributed by atoms with Gasteiger partial charge in [-0.05, 0) is 50.3 Å². The van der Waals surface area contributed by atoms with Crippen molar-refractivity contribution in [1.82, 2.24) is 0 Å². The summed E-state index contributed by atoms with van der Waals surface area (Å²) in [5.41, 5.74) is 2.17. The van der Waals surface area contributed by atoms with E-state index in [0.29, 0.717) is 22.9 Å². The third-order valence-electron chi connectivity index (χ3n) is 4.04. The first kappa shape index (κ1) is 19.1. The van der Waals surface area contributed by atoms with Crippen LogP contribution in [0.25, 0.3) is 6.08 Å². The first-order valence-corrected chi connectivity index (χ1v) is 9.36. The van der Waals surface area contributed by atoms with Crippen molar-refractivity contribution >= 4 is 46.7 Å². The summed E-state index contributed by atoms with van der Waals surface area (Å²) >= 11 is 18.1. The molecule has 0 aromatic heterocycles. The number of hydrogen-bond acceptors (Lipinski definition) is 3. The Morgan fingerprint density at radius 3 is 2.77 bits per heavy atom. The molecule has 1 heterocycles. The van der Waals surface area contributed by atoms with Gasteiger partial charge in [-0.1, -0.05) is 34.8 Å². The van der Waals surface area contributed by atoms with E-state index < -0.39 is 0 Å². The number of carbonyl (C=O) groups is 1. The van der Waals surface area contributed by atoms with E-state index in [0.717, 1.165) is 23.3 Å². The Labute approximate surface area is 167 Å². The van der Waals surface area contributed by atoms with Gasteiger partial charge in [-0.15, -0.1) is 0 Å². The topological polar surface area (TPSA) is 35.5 Å². The lowest BCUT2D eigenvalue weighted by Gasteiger charge is -2.10. The summed E-state index contributed by atoms with van der Waals surface area (Å²) in [5, 5.41) is 0.619. The second-order valence-electron chi connectivity index (χ2n) is 5.98. The standard InChI is InChI=1S/C20H17Cl3O3/c1-3-25-17-10-13-8-11(2)26-18(13)9-12(17)4-7-16(24)14-5-6-15(21)20(23)19(14)22/h4-7,9-11H,3,8H2,1-2H3/b7-4+/t11-/m1/s1. The summed E-state index contributed by atoms with van der Waals surface area (Å²) < 4.78 is 11.5. The molecule has 1 aliphatic heterocycles. The molecule has 1 atom stereocenters. The first-order chi connectivity index (χ1) is 12.4. The van der Waals surface area contributed by atoms with Crippen molar-refractivity contribution in [3.63, 3.8) is 0 Å². The molecule has 26 heavy (non-hydrogen) atoms. The molecule has 0 amide bonds. The van der Waals surface area contributed by atoms with E-state index in [4.69, 9.17) is 44.3 Å². The maximum atomic E-state index is 12.5. The van der Waals surface area contributed by atoms with Crippen molar-refractivity contribution in [2.24, 2.45) is 0 Å². The minimum atomic E-state index is -0.272. The number of allylic oxidation sites excluding steroid dienone is 1. The van der Waals surface area contributed by atoms with Crippen molar-refractivity contribution in [3.05, 3.63) is 62.1 Å². The first-order valence-electron chi connectivity index (χ1n) is 8.23. The van der Waals surface area contributed by atoms with Crippen molar-refractivity contribution in [1.29, 1.82) is 0 Å². The van der Waals surface area contributed by atoms with Gasteiger partial charge >= 0.3 is 0 Å². The maximum absolute atomic E-state index is 12.5. The average Bonchev–Trinajstić information content (AvgIpc) is 2.96. The lowest BCUT2D eigenvalue weighted by Crippen LogP contribution is -2.05.